The van der Waals surface area contributed by atoms with Crippen molar-refractivity contribution in [3.63, 3.8) is 0 Å². The molecule has 2 atom stereocenters. The predicted octanol–water partition coefficient (Wildman–Crippen LogP) is 1.06. The van der Waals surface area contributed by atoms with Crippen molar-refractivity contribution in [1.82, 2.24) is 10.2 Å². The minimum atomic E-state index is -0.174. The molecule has 1 aromatic carbocycles. The van der Waals surface area contributed by atoms with Crippen LogP contribution in [0.3, 0.4) is 0 Å². The molecule has 1 heterocycles. The Bertz CT molecular complexity index is 462. The highest BCUT2D eigenvalue weighted by Gasteiger charge is 2.29. The Morgan fingerprint density at radius 2 is 2.20 bits per heavy atom. The van der Waals surface area contributed by atoms with Gasteiger partial charge in [0, 0.05) is 25.9 Å². The van der Waals surface area contributed by atoms with Gasteiger partial charge in [0.15, 0.2) is 0 Å². The highest BCUT2D eigenvalue weighted by atomic mass is 16.5. The number of amides is 1. The standard InChI is InChI=1S/C15H23N3O2/c1-18(2)10-11-6-4-5-7-13(11)17-15(19)14-8-12(20-3)9-16-14/h4-7,12,14,16H,8-10H2,1-3H3,(H,17,19). The average molecular weight is 277 g/mol. The van der Waals surface area contributed by atoms with E-state index in [-0.39, 0.29) is 18.1 Å². The van der Waals surface area contributed by atoms with Crippen LogP contribution < -0.4 is 10.6 Å². The number of rotatable bonds is 5. The number of methoxy groups -OCH3 is 1. The second kappa shape index (κ2) is 6.83. The Kier molecular flexibility index (Phi) is 5.11. The molecule has 1 aliphatic heterocycles. The second-order valence-corrected chi connectivity index (χ2v) is 5.44. The van der Waals surface area contributed by atoms with Crippen molar-refractivity contribution in [2.45, 2.75) is 25.1 Å². The fourth-order valence-electron chi connectivity index (χ4n) is 2.42. The topological polar surface area (TPSA) is 53.6 Å². The van der Waals surface area contributed by atoms with Crippen molar-refractivity contribution >= 4 is 11.6 Å². The largest absolute Gasteiger partial charge is 0.380 e. The molecule has 1 aromatic rings. The van der Waals surface area contributed by atoms with Crippen LogP contribution in [0, 0.1) is 0 Å². The number of anilines is 1. The minimum absolute atomic E-state index is 0.00996. The molecular formula is C15H23N3O2. The van der Waals surface area contributed by atoms with Gasteiger partial charge in [0.25, 0.3) is 0 Å². The summed E-state index contributed by atoms with van der Waals surface area (Å²) < 4.78 is 5.27. The third-order valence-electron chi connectivity index (χ3n) is 3.50. The molecule has 0 aliphatic carbocycles. The Labute approximate surface area is 120 Å². The molecule has 0 aromatic heterocycles. The van der Waals surface area contributed by atoms with Crippen LogP contribution in [0.4, 0.5) is 5.69 Å². The van der Waals surface area contributed by atoms with Crippen LogP contribution in [0.15, 0.2) is 24.3 Å². The number of hydrogen-bond donors (Lipinski definition) is 2. The van der Waals surface area contributed by atoms with Crippen LogP contribution in [0.5, 0.6) is 0 Å². The lowest BCUT2D eigenvalue weighted by Gasteiger charge is -2.16. The molecular weight excluding hydrogens is 254 g/mol. The second-order valence-electron chi connectivity index (χ2n) is 5.44. The number of nitrogens with one attached hydrogen (secondary N) is 2. The summed E-state index contributed by atoms with van der Waals surface area (Å²) in [7, 11) is 5.71. The molecule has 2 rings (SSSR count). The van der Waals surface area contributed by atoms with Crippen molar-refractivity contribution < 1.29 is 9.53 Å². The quantitative estimate of drug-likeness (QED) is 0.845. The van der Waals surface area contributed by atoms with Crippen LogP contribution in [0.2, 0.25) is 0 Å². The van der Waals surface area contributed by atoms with Crippen molar-refractivity contribution in [3.8, 4) is 0 Å². The van der Waals surface area contributed by atoms with E-state index in [0.717, 1.165) is 30.8 Å². The van der Waals surface area contributed by atoms with Crippen LogP contribution in [0.25, 0.3) is 0 Å². The van der Waals surface area contributed by atoms with E-state index in [2.05, 4.69) is 15.5 Å². The van der Waals surface area contributed by atoms with Gasteiger partial charge in [-0.1, -0.05) is 18.2 Å². The monoisotopic (exact) mass is 277 g/mol. The first-order valence-corrected chi connectivity index (χ1v) is 6.90. The predicted molar refractivity (Wildman–Crippen MR) is 79.7 cm³/mol. The molecule has 2 N–H and O–H groups in total. The molecule has 5 heteroatoms. The lowest BCUT2D eigenvalue weighted by molar-refractivity contribution is -0.118. The summed E-state index contributed by atoms with van der Waals surface area (Å²) in [5.74, 6) is 0.00996. The Morgan fingerprint density at radius 1 is 1.45 bits per heavy atom. The summed E-state index contributed by atoms with van der Waals surface area (Å²) in [6.07, 6.45) is 0.848. The van der Waals surface area contributed by atoms with Crippen molar-refractivity contribution in [3.05, 3.63) is 29.8 Å². The van der Waals surface area contributed by atoms with Gasteiger partial charge in [0.2, 0.25) is 5.91 Å². The number of carbonyl (C=O) groups excluding carboxylic acids is 1. The van der Waals surface area contributed by atoms with Gasteiger partial charge < -0.3 is 20.3 Å². The normalized spacial score (nSPS) is 22.2. The zero-order valence-corrected chi connectivity index (χ0v) is 12.3. The third kappa shape index (κ3) is 3.79. The van der Waals surface area contributed by atoms with Gasteiger partial charge >= 0.3 is 0 Å². The van der Waals surface area contributed by atoms with Crippen LogP contribution in [-0.2, 0) is 16.1 Å². The summed E-state index contributed by atoms with van der Waals surface area (Å²) in [6.45, 7) is 1.53. The molecule has 1 amide bonds. The molecule has 1 fully saturated rings. The van der Waals surface area contributed by atoms with E-state index in [9.17, 15) is 4.79 Å². The first-order valence-electron chi connectivity index (χ1n) is 6.90. The van der Waals surface area contributed by atoms with Crippen molar-refractivity contribution in [2.24, 2.45) is 0 Å². The molecule has 110 valence electrons. The molecule has 0 radical (unpaired) electrons. The first-order chi connectivity index (χ1) is 9.60. The summed E-state index contributed by atoms with van der Waals surface area (Å²) in [5, 5.41) is 6.21. The Balaban J connectivity index is 2.01. The number of carbonyl (C=O) groups is 1. The van der Waals surface area contributed by atoms with E-state index >= 15 is 0 Å². The van der Waals surface area contributed by atoms with E-state index in [1.54, 1.807) is 7.11 Å². The lowest BCUT2D eigenvalue weighted by atomic mass is 10.1. The maximum atomic E-state index is 12.3. The average Bonchev–Trinajstić information content (AvgIpc) is 2.89. The molecule has 0 bridgehead atoms. The molecule has 1 saturated heterocycles. The van der Waals surface area contributed by atoms with Gasteiger partial charge in [0.1, 0.15) is 0 Å². The SMILES string of the molecule is COC1CNC(C(=O)Nc2ccccc2CN(C)C)C1. The van der Waals surface area contributed by atoms with Gasteiger partial charge in [0.05, 0.1) is 12.1 Å². The van der Waals surface area contributed by atoms with Gasteiger partial charge in [-0.25, -0.2) is 0 Å². The zero-order valence-electron chi connectivity index (χ0n) is 12.3. The van der Waals surface area contributed by atoms with Gasteiger partial charge in [-0.05, 0) is 32.1 Å². The molecule has 5 nitrogen and oxygen atoms in total. The number of para-hydroxylation sites is 1. The lowest BCUT2D eigenvalue weighted by Crippen LogP contribution is -2.35. The summed E-state index contributed by atoms with van der Waals surface area (Å²) >= 11 is 0. The number of ether oxygens (including phenoxy) is 1. The maximum Gasteiger partial charge on any atom is 0.241 e. The van der Waals surface area contributed by atoms with E-state index in [1.165, 1.54) is 0 Å². The molecule has 20 heavy (non-hydrogen) atoms. The van der Waals surface area contributed by atoms with E-state index in [0.29, 0.717) is 0 Å². The number of nitrogens with zero attached hydrogens (tertiary/aromatic N) is 1. The Hall–Kier alpha value is -1.43. The minimum Gasteiger partial charge on any atom is -0.380 e. The van der Waals surface area contributed by atoms with Gasteiger partial charge in [-0.2, -0.15) is 0 Å². The summed E-state index contributed by atoms with van der Waals surface area (Å²) in [4.78, 5) is 14.4. The Morgan fingerprint density at radius 3 is 2.85 bits per heavy atom. The van der Waals surface area contributed by atoms with Crippen molar-refractivity contribution in [1.29, 1.82) is 0 Å². The number of benzene rings is 1. The third-order valence-corrected chi connectivity index (χ3v) is 3.50. The van der Waals surface area contributed by atoms with Crippen molar-refractivity contribution in [2.75, 3.05) is 33.1 Å². The first kappa shape index (κ1) is 15.0. The smallest absolute Gasteiger partial charge is 0.241 e. The van der Waals surface area contributed by atoms with E-state index in [4.69, 9.17) is 4.74 Å². The fraction of sp³-hybridized carbons (Fsp3) is 0.533. The summed E-state index contributed by atoms with van der Waals surface area (Å²) in [5.41, 5.74) is 2.00. The van der Waals surface area contributed by atoms with Crippen LogP contribution >= 0.6 is 0 Å². The highest BCUT2D eigenvalue weighted by molar-refractivity contribution is 5.95. The highest BCUT2D eigenvalue weighted by Crippen LogP contribution is 2.18. The fourth-order valence-corrected chi connectivity index (χ4v) is 2.42. The molecule has 1 aliphatic rings. The van der Waals surface area contributed by atoms with Gasteiger partial charge in [-0.3, -0.25) is 4.79 Å². The van der Waals surface area contributed by atoms with Crippen LogP contribution in [0.1, 0.15) is 12.0 Å². The summed E-state index contributed by atoms with van der Waals surface area (Å²) in [6, 6.07) is 7.74. The van der Waals surface area contributed by atoms with Gasteiger partial charge in [-0.15, -0.1) is 0 Å². The number of hydrogen-bond acceptors (Lipinski definition) is 4. The maximum absolute atomic E-state index is 12.3. The molecule has 0 spiro atoms. The van der Waals surface area contributed by atoms with Crippen LogP contribution in [-0.4, -0.2) is 50.7 Å². The molecule has 2 unspecified atom stereocenters. The zero-order chi connectivity index (χ0) is 14.5. The molecule has 0 saturated carbocycles. The van der Waals surface area contributed by atoms with E-state index in [1.807, 2.05) is 38.4 Å². The van der Waals surface area contributed by atoms with E-state index < -0.39 is 0 Å².